The van der Waals surface area contributed by atoms with E-state index >= 15 is 0 Å². The Kier molecular flexibility index (Phi) is 3.60. The third-order valence-corrected chi connectivity index (χ3v) is 4.04. The second-order valence-electron chi connectivity index (χ2n) is 5.05. The molecule has 1 heterocycles. The molecule has 3 nitrogen and oxygen atoms in total. The summed E-state index contributed by atoms with van der Waals surface area (Å²) in [4.78, 5) is 12.7. The van der Waals surface area contributed by atoms with Crippen molar-refractivity contribution in [2.75, 3.05) is 13.2 Å². The summed E-state index contributed by atoms with van der Waals surface area (Å²) in [5.41, 5.74) is 3.14. The molecule has 3 rings (SSSR count). The first-order chi connectivity index (χ1) is 10.1. The van der Waals surface area contributed by atoms with Gasteiger partial charge in [0.1, 0.15) is 13.2 Å². The molecule has 0 atom stereocenters. The lowest BCUT2D eigenvalue weighted by Crippen LogP contribution is -2.16. The average Bonchev–Trinajstić information content (AvgIpc) is 2.48. The number of hydrogen-bond donors (Lipinski definition) is 0. The van der Waals surface area contributed by atoms with Crippen LogP contribution in [0, 0.1) is 13.8 Å². The Morgan fingerprint density at radius 3 is 2.43 bits per heavy atom. The Morgan fingerprint density at radius 2 is 1.71 bits per heavy atom. The van der Waals surface area contributed by atoms with E-state index in [4.69, 9.17) is 21.1 Å². The van der Waals surface area contributed by atoms with Crippen LogP contribution in [0.2, 0.25) is 5.02 Å². The molecule has 0 spiro atoms. The summed E-state index contributed by atoms with van der Waals surface area (Å²) in [5.74, 6) is 1.06. The van der Waals surface area contributed by atoms with E-state index in [0.29, 0.717) is 40.9 Å². The van der Waals surface area contributed by atoms with Gasteiger partial charge in [-0.05, 0) is 31.0 Å². The van der Waals surface area contributed by atoms with Gasteiger partial charge in [-0.2, -0.15) is 0 Å². The first-order valence-corrected chi connectivity index (χ1v) is 7.16. The smallest absolute Gasteiger partial charge is 0.194 e. The minimum absolute atomic E-state index is 0.0989. The topological polar surface area (TPSA) is 35.5 Å². The molecule has 0 bridgehead atoms. The molecule has 2 aromatic carbocycles. The van der Waals surface area contributed by atoms with Gasteiger partial charge in [0.05, 0.1) is 5.02 Å². The number of benzene rings is 2. The Morgan fingerprint density at radius 1 is 1.05 bits per heavy atom. The molecule has 0 amide bonds. The third-order valence-electron chi connectivity index (χ3n) is 3.73. The molecule has 0 aliphatic carbocycles. The fourth-order valence-corrected chi connectivity index (χ4v) is 2.62. The molecule has 0 radical (unpaired) electrons. The maximum Gasteiger partial charge on any atom is 0.194 e. The summed E-state index contributed by atoms with van der Waals surface area (Å²) in [6.45, 7) is 4.89. The van der Waals surface area contributed by atoms with E-state index in [-0.39, 0.29) is 5.78 Å². The van der Waals surface area contributed by atoms with Crippen molar-refractivity contribution in [3.05, 3.63) is 57.6 Å². The summed E-state index contributed by atoms with van der Waals surface area (Å²) in [6, 6.07) is 8.99. The monoisotopic (exact) mass is 302 g/mol. The van der Waals surface area contributed by atoms with Crippen LogP contribution in [0.3, 0.4) is 0 Å². The highest BCUT2D eigenvalue weighted by molar-refractivity contribution is 6.35. The summed E-state index contributed by atoms with van der Waals surface area (Å²) in [7, 11) is 0. The molecule has 0 aromatic heterocycles. The van der Waals surface area contributed by atoms with Gasteiger partial charge in [-0.3, -0.25) is 4.79 Å². The maximum absolute atomic E-state index is 12.7. The van der Waals surface area contributed by atoms with E-state index in [1.54, 1.807) is 12.1 Å². The van der Waals surface area contributed by atoms with Gasteiger partial charge in [0.25, 0.3) is 0 Å². The number of ketones is 1. The summed E-state index contributed by atoms with van der Waals surface area (Å²) >= 11 is 6.24. The number of carbonyl (C=O) groups excluding carboxylic acids is 1. The van der Waals surface area contributed by atoms with Crippen LogP contribution in [0.1, 0.15) is 27.0 Å². The zero-order valence-corrected chi connectivity index (χ0v) is 12.7. The lowest BCUT2D eigenvalue weighted by molar-refractivity contribution is 0.103. The number of aryl methyl sites for hydroxylation is 1. The predicted molar refractivity (Wildman–Crippen MR) is 81.8 cm³/mol. The average molecular weight is 303 g/mol. The van der Waals surface area contributed by atoms with Crippen LogP contribution in [0.5, 0.6) is 11.5 Å². The Balaban J connectivity index is 2.07. The predicted octanol–water partition coefficient (Wildman–Crippen LogP) is 3.96. The first kappa shape index (κ1) is 14.0. The molecule has 21 heavy (non-hydrogen) atoms. The lowest BCUT2D eigenvalue weighted by Gasteiger charge is -2.19. The van der Waals surface area contributed by atoms with Crippen LogP contribution in [0.4, 0.5) is 0 Å². The van der Waals surface area contributed by atoms with E-state index in [9.17, 15) is 4.79 Å². The molecule has 108 valence electrons. The summed E-state index contributed by atoms with van der Waals surface area (Å²) < 4.78 is 11.0. The number of hydrogen-bond acceptors (Lipinski definition) is 3. The summed E-state index contributed by atoms with van der Waals surface area (Å²) in [5, 5.41) is 0.380. The van der Waals surface area contributed by atoms with E-state index in [2.05, 4.69) is 0 Å². The van der Waals surface area contributed by atoms with Crippen LogP contribution in [-0.4, -0.2) is 19.0 Å². The van der Waals surface area contributed by atoms with E-state index in [0.717, 1.165) is 11.1 Å². The molecule has 0 fully saturated rings. The second-order valence-corrected chi connectivity index (χ2v) is 5.46. The Hall–Kier alpha value is -2.00. The fraction of sp³-hybridized carbons (Fsp3) is 0.235. The molecule has 4 heteroatoms. The van der Waals surface area contributed by atoms with Crippen LogP contribution >= 0.6 is 11.6 Å². The SMILES string of the molecule is Cc1cccc(C(=O)c2cc3c(cc2Cl)OCCO3)c1C. The quantitative estimate of drug-likeness (QED) is 0.788. The van der Waals surface area contributed by atoms with Gasteiger partial charge in [0, 0.05) is 17.2 Å². The van der Waals surface area contributed by atoms with Crippen molar-refractivity contribution in [1.29, 1.82) is 0 Å². The van der Waals surface area contributed by atoms with Crippen molar-refractivity contribution >= 4 is 17.4 Å². The largest absolute Gasteiger partial charge is 0.486 e. The van der Waals surface area contributed by atoms with Gasteiger partial charge in [-0.25, -0.2) is 0 Å². The van der Waals surface area contributed by atoms with Crippen molar-refractivity contribution in [3.8, 4) is 11.5 Å². The molecule has 0 unspecified atom stereocenters. The Bertz CT molecular complexity index is 722. The highest BCUT2D eigenvalue weighted by Crippen LogP contribution is 2.36. The highest BCUT2D eigenvalue weighted by Gasteiger charge is 2.21. The van der Waals surface area contributed by atoms with Crippen molar-refractivity contribution < 1.29 is 14.3 Å². The van der Waals surface area contributed by atoms with Gasteiger partial charge in [-0.1, -0.05) is 29.8 Å². The normalized spacial score (nSPS) is 13.1. The molecule has 0 saturated carbocycles. The van der Waals surface area contributed by atoms with Crippen molar-refractivity contribution in [1.82, 2.24) is 0 Å². The van der Waals surface area contributed by atoms with E-state index < -0.39 is 0 Å². The van der Waals surface area contributed by atoms with Crippen molar-refractivity contribution in [3.63, 3.8) is 0 Å². The minimum Gasteiger partial charge on any atom is -0.486 e. The minimum atomic E-state index is -0.0989. The van der Waals surface area contributed by atoms with Crippen molar-refractivity contribution in [2.24, 2.45) is 0 Å². The number of ether oxygens (including phenoxy) is 2. The third kappa shape index (κ3) is 2.49. The van der Waals surface area contributed by atoms with Crippen molar-refractivity contribution in [2.45, 2.75) is 13.8 Å². The number of fused-ring (bicyclic) bond motifs is 1. The fourth-order valence-electron chi connectivity index (χ4n) is 2.38. The van der Waals surface area contributed by atoms with Crippen LogP contribution in [-0.2, 0) is 0 Å². The molecule has 0 saturated heterocycles. The zero-order valence-electron chi connectivity index (χ0n) is 11.9. The van der Waals surface area contributed by atoms with Gasteiger partial charge >= 0.3 is 0 Å². The molecule has 0 N–H and O–H groups in total. The van der Waals surface area contributed by atoms with Gasteiger partial charge < -0.3 is 9.47 Å². The lowest BCUT2D eigenvalue weighted by atomic mass is 9.96. The number of carbonyl (C=O) groups is 1. The highest BCUT2D eigenvalue weighted by atomic mass is 35.5. The number of halogens is 1. The van der Waals surface area contributed by atoms with E-state index in [1.165, 1.54) is 0 Å². The maximum atomic E-state index is 12.7. The summed E-state index contributed by atoms with van der Waals surface area (Å²) in [6.07, 6.45) is 0. The molecular formula is C17H15ClO3. The van der Waals surface area contributed by atoms with E-state index in [1.807, 2.05) is 32.0 Å². The Labute approximate surface area is 128 Å². The van der Waals surface area contributed by atoms with Gasteiger partial charge in [0.2, 0.25) is 0 Å². The van der Waals surface area contributed by atoms with Crippen LogP contribution in [0.15, 0.2) is 30.3 Å². The first-order valence-electron chi connectivity index (χ1n) is 6.78. The molecular weight excluding hydrogens is 288 g/mol. The molecule has 2 aromatic rings. The van der Waals surface area contributed by atoms with Crippen LogP contribution < -0.4 is 9.47 Å². The standard InChI is InChI=1S/C17H15ClO3/c1-10-4-3-5-12(11(10)2)17(19)13-8-15-16(9-14(13)18)21-7-6-20-15/h3-5,8-9H,6-7H2,1-2H3. The second kappa shape index (κ2) is 5.41. The molecule has 1 aliphatic heterocycles. The number of rotatable bonds is 2. The van der Waals surface area contributed by atoms with Gasteiger partial charge in [-0.15, -0.1) is 0 Å². The molecule has 1 aliphatic rings. The zero-order chi connectivity index (χ0) is 15.0. The van der Waals surface area contributed by atoms with Crippen LogP contribution in [0.25, 0.3) is 0 Å². The van der Waals surface area contributed by atoms with Gasteiger partial charge in [0.15, 0.2) is 17.3 Å².